The summed E-state index contributed by atoms with van der Waals surface area (Å²) < 4.78 is 0. The van der Waals surface area contributed by atoms with E-state index in [0.717, 1.165) is 34.0 Å². The quantitative estimate of drug-likeness (QED) is 0.235. The molecule has 0 saturated heterocycles. The van der Waals surface area contributed by atoms with Crippen LogP contribution in [0.4, 0.5) is 17.1 Å². The third kappa shape index (κ3) is 5.24. The monoisotopic (exact) mass is 614 g/mol. The van der Waals surface area contributed by atoms with Gasteiger partial charge in [0.25, 0.3) is 0 Å². The Bertz CT molecular complexity index is 1210. The van der Waals surface area contributed by atoms with E-state index in [9.17, 15) is 0 Å². The molecule has 4 heteroatoms. The predicted octanol–water partition coefficient (Wildman–Crippen LogP) is 7.83. The number of pyridine rings is 2. The largest absolute Gasteiger partial charge is 0.310 e. The maximum absolute atomic E-state index is 4.75. The topological polar surface area (TPSA) is 29.0 Å². The molecule has 1 radical (unpaired) electrons. The molecule has 0 unspecified atom stereocenters. The van der Waals surface area contributed by atoms with Crippen molar-refractivity contribution in [1.82, 2.24) is 9.97 Å². The summed E-state index contributed by atoms with van der Waals surface area (Å²) in [5, 5.41) is 0. The van der Waals surface area contributed by atoms with Gasteiger partial charge in [-0.05, 0) is 67.8 Å². The van der Waals surface area contributed by atoms with Crippen molar-refractivity contribution < 1.29 is 20.1 Å². The van der Waals surface area contributed by atoms with E-state index in [0.29, 0.717) is 0 Å². The fraction of sp³-hybridized carbons (Fsp3) is 0.241. The minimum Gasteiger partial charge on any atom is -0.310 e. The maximum atomic E-state index is 4.75. The molecule has 0 amide bonds. The molecular weight excluding hydrogens is 583 g/mol. The average Bonchev–Trinajstić information content (AvgIpc) is 2.76. The Kier molecular flexibility index (Phi) is 7.51. The molecule has 4 aromatic rings. The molecule has 171 valence electrons. The number of aromatic nitrogens is 2. The first-order valence-corrected chi connectivity index (χ1v) is 11.1. The standard InChI is InChI=1S/C29H31N3.Ir/c1-20-11-7-9-13-26(20)32(27-14-10-8-12-21(27)2)23-15-16-30-25(18-23)24-19-31-28(17-22(24)3)29(4,5)6;/h7-19H,1-6H3;. The van der Waals surface area contributed by atoms with E-state index >= 15 is 0 Å². The molecule has 33 heavy (non-hydrogen) atoms. The molecule has 3 nitrogen and oxygen atoms in total. The molecule has 0 aliphatic heterocycles. The Labute approximate surface area is 211 Å². The Morgan fingerprint density at radius 1 is 0.697 bits per heavy atom. The molecule has 0 saturated carbocycles. The van der Waals surface area contributed by atoms with Crippen LogP contribution in [-0.2, 0) is 25.5 Å². The van der Waals surface area contributed by atoms with Gasteiger partial charge in [-0.1, -0.05) is 57.2 Å². The van der Waals surface area contributed by atoms with Crippen LogP contribution in [0.3, 0.4) is 0 Å². The molecule has 0 fully saturated rings. The smallest absolute Gasteiger partial charge is 0.0740 e. The molecule has 0 atom stereocenters. The molecule has 4 rings (SSSR count). The number of aryl methyl sites for hydroxylation is 3. The van der Waals surface area contributed by atoms with Gasteiger partial charge in [0.15, 0.2) is 0 Å². The molecule has 0 N–H and O–H groups in total. The molecule has 0 bridgehead atoms. The van der Waals surface area contributed by atoms with Crippen LogP contribution in [0.1, 0.15) is 43.2 Å². The summed E-state index contributed by atoms with van der Waals surface area (Å²) in [6, 6.07) is 23.4. The van der Waals surface area contributed by atoms with Gasteiger partial charge in [0, 0.05) is 66.2 Å². The molecule has 0 aliphatic rings. The molecule has 0 spiro atoms. The van der Waals surface area contributed by atoms with Gasteiger partial charge < -0.3 is 4.90 Å². The second-order valence-electron chi connectivity index (χ2n) is 9.44. The molecule has 2 aromatic carbocycles. The van der Waals surface area contributed by atoms with Crippen LogP contribution < -0.4 is 4.90 Å². The SMILES string of the molecule is Cc1cc(C(C)(C)C)ncc1-c1cc(N(c2ccccc2C)c2ccccc2C)ccn1.[Ir]. The van der Waals surface area contributed by atoms with Gasteiger partial charge in [-0.25, -0.2) is 0 Å². The van der Waals surface area contributed by atoms with Crippen LogP contribution in [0.25, 0.3) is 11.3 Å². The summed E-state index contributed by atoms with van der Waals surface area (Å²) in [6.07, 6.45) is 3.86. The van der Waals surface area contributed by atoms with E-state index < -0.39 is 0 Å². The van der Waals surface area contributed by atoms with E-state index in [1.807, 2.05) is 12.4 Å². The van der Waals surface area contributed by atoms with Crippen LogP contribution in [0, 0.1) is 20.8 Å². The third-order valence-electron chi connectivity index (χ3n) is 5.87. The first-order valence-electron chi connectivity index (χ1n) is 11.1. The second kappa shape index (κ2) is 9.99. The van der Waals surface area contributed by atoms with Gasteiger partial charge in [-0.2, -0.15) is 0 Å². The first-order chi connectivity index (χ1) is 15.3. The molecule has 0 aliphatic carbocycles. The van der Waals surface area contributed by atoms with Gasteiger partial charge in [0.05, 0.1) is 5.69 Å². The van der Waals surface area contributed by atoms with Crippen molar-refractivity contribution in [1.29, 1.82) is 0 Å². The minimum atomic E-state index is 0. The number of rotatable bonds is 4. The Morgan fingerprint density at radius 2 is 1.27 bits per heavy atom. The molecular formula is C29H31IrN3. The second-order valence-corrected chi connectivity index (χ2v) is 9.44. The van der Waals surface area contributed by atoms with E-state index in [4.69, 9.17) is 9.97 Å². The summed E-state index contributed by atoms with van der Waals surface area (Å²) in [6.45, 7) is 13.0. The van der Waals surface area contributed by atoms with E-state index in [1.54, 1.807) is 0 Å². The number of hydrogen-bond acceptors (Lipinski definition) is 3. The normalized spacial score (nSPS) is 11.1. The van der Waals surface area contributed by atoms with Gasteiger partial charge in [0.2, 0.25) is 0 Å². The average molecular weight is 614 g/mol. The van der Waals surface area contributed by atoms with Crippen LogP contribution in [-0.4, -0.2) is 9.97 Å². The van der Waals surface area contributed by atoms with Crippen molar-refractivity contribution in [3.63, 3.8) is 0 Å². The summed E-state index contributed by atoms with van der Waals surface area (Å²) in [4.78, 5) is 11.8. The number of nitrogens with zero attached hydrogens (tertiary/aromatic N) is 3. The van der Waals surface area contributed by atoms with Gasteiger partial charge >= 0.3 is 0 Å². The summed E-state index contributed by atoms with van der Waals surface area (Å²) in [5.41, 5.74) is 10.2. The number of benzene rings is 2. The fourth-order valence-electron chi connectivity index (χ4n) is 3.98. The van der Waals surface area contributed by atoms with Crippen molar-refractivity contribution in [3.8, 4) is 11.3 Å². The van der Waals surface area contributed by atoms with Gasteiger partial charge in [0.1, 0.15) is 0 Å². The molecule has 2 heterocycles. The fourth-order valence-corrected chi connectivity index (χ4v) is 3.98. The number of anilines is 3. The maximum Gasteiger partial charge on any atom is 0.0740 e. The van der Waals surface area contributed by atoms with Gasteiger partial charge in [-0.3, -0.25) is 9.97 Å². The van der Waals surface area contributed by atoms with Crippen molar-refractivity contribution in [2.24, 2.45) is 0 Å². The minimum absolute atomic E-state index is 0. The van der Waals surface area contributed by atoms with Crippen LogP contribution in [0.5, 0.6) is 0 Å². The van der Waals surface area contributed by atoms with Crippen molar-refractivity contribution in [2.45, 2.75) is 47.0 Å². The zero-order chi connectivity index (χ0) is 22.9. The van der Waals surface area contributed by atoms with Crippen molar-refractivity contribution in [3.05, 3.63) is 102 Å². The zero-order valence-corrected chi connectivity index (χ0v) is 22.6. The first kappa shape index (κ1) is 24.8. The summed E-state index contributed by atoms with van der Waals surface area (Å²) in [7, 11) is 0. The molecule has 2 aromatic heterocycles. The van der Waals surface area contributed by atoms with E-state index in [-0.39, 0.29) is 25.5 Å². The van der Waals surface area contributed by atoms with Crippen LogP contribution >= 0.6 is 0 Å². The van der Waals surface area contributed by atoms with E-state index in [2.05, 4.69) is 113 Å². The third-order valence-corrected chi connectivity index (χ3v) is 5.87. The zero-order valence-electron chi connectivity index (χ0n) is 20.2. The van der Waals surface area contributed by atoms with Crippen LogP contribution in [0.15, 0.2) is 79.1 Å². The number of para-hydroxylation sites is 2. The predicted molar refractivity (Wildman–Crippen MR) is 135 cm³/mol. The Hall–Kier alpha value is -2.81. The van der Waals surface area contributed by atoms with Crippen molar-refractivity contribution in [2.75, 3.05) is 4.90 Å². The van der Waals surface area contributed by atoms with Crippen LogP contribution in [0.2, 0.25) is 0 Å². The van der Waals surface area contributed by atoms with E-state index in [1.165, 1.54) is 16.7 Å². The summed E-state index contributed by atoms with van der Waals surface area (Å²) >= 11 is 0. The Balaban J connectivity index is 0.00000306. The van der Waals surface area contributed by atoms with Crippen molar-refractivity contribution >= 4 is 17.1 Å². The van der Waals surface area contributed by atoms with Gasteiger partial charge in [-0.15, -0.1) is 0 Å². The number of hydrogen-bond donors (Lipinski definition) is 0. The summed E-state index contributed by atoms with van der Waals surface area (Å²) in [5.74, 6) is 0. The Morgan fingerprint density at radius 3 is 1.79 bits per heavy atom.